The van der Waals surface area contributed by atoms with Gasteiger partial charge in [0.25, 0.3) is 5.91 Å². The van der Waals surface area contributed by atoms with Gasteiger partial charge in [0, 0.05) is 18.5 Å². The van der Waals surface area contributed by atoms with Crippen LogP contribution in [-0.4, -0.2) is 25.7 Å². The van der Waals surface area contributed by atoms with Gasteiger partial charge >= 0.3 is 0 Å². The Kier molecular flexibility index (Phi) is 5.36. The van der Waals surface area contributed by atoms with Crippen LogP contribution in [0.3, 0.4) is 0 Å². The molecule has 24 heavy (non-hydrogen) atoms. The highest BCUT2D eigenvalue weighted by Gasteiger charge is 2.14. The monoisotopic (exact) mass is 325 g/mol. The number of carbonyl (C=O) groups is 1. The molecule has 2 aromatic rings. The van der Waals surface area contributed by atoms with Gasteiger partial charge in [0.1, 0.15) is 0 Å². The Labute approximate surface area is 142 Å². The summed E-state index contributed by atoms with van der Waals surface area (Å²) < 4.78 is 11.2. The highest BCUT2D eigenvalue weighted by molar-refractivity contribution is 5.94. The fourth-order valence-electron chi connectivity index (χ4n) is 2.76. The smallest absolute Gasteiger partial charge is 0.251 e. The lowest BCUT2D eigenvalue weighted by atomic mass is 9.98. The number of hydrogen-bond acceptors (Lipinski definition) is 3. The summed E-state index contributed by atoms with van der Waals surface area (Å²) in [7, 11) is 0. The first-order valence-corrected chi connectivity index (χ1v) is 8.47. The van der Waals surface area contributed by atoms with E-state index in [4.69, 9.17) is 9.47 Å². The van der Waals surface area contributed by atoms with Crippen molar-refractivity contribution in [2.45, 2.75) is 25.7 Å². The lowest BCUT2D eigenvalue weighted by molar-refractivity contribution is 0.0952. The lowest BCUT2D eigenvalue weighted by Crippen LogP contribution is -2.25. The van der Waals surface area contributed by atoms with E-state index in [1.807, 2.05) is 24.3 Å². The van der Waals surface area contributed by atoms with Gasteiger partial charge in [-0.25, -0.2) is 0 Å². The normalized spacial score (nSPS) is 14.5. The van der Waals surface area contributed by atoms with Crippen LogP contribution in [0.1, 0.15) is 41.6 Å². The first-order chi connectivity index (χ1) is 11.7. The maximum absolute atomic E-state index is 12.3. The fraction of sp³-hybridized carbons (Fsp3) is 0.350. The third kappa shape index (κ3) is 4.07. The molecule has 1 aliphatic heterocycles. The van der Waals surface area contributed by atoms with Crippen LogP contribution in [0.4, 0.5) is 0 Å². The van der Waals surface area contributed by atoms with Crippen molar-refractivity contribution in [2.24, 2.45) is 0 Å². The average molecular weight is 325 g/mol. The topological polar surface area (TPSA) is 47.6 Å². The van der Waals surface area contributed by atoms with Crippen molar-refractivity contribution in [3.8, 4) is 11.5 Å². The standard InChI is InChI=1S/C20H23NO3/c1-15(16-6-3-2-4-7-16)10-11-21-20(22)17-8-9-18-19(14-17)24-13-5-12-23-18/h2-4,6-9,14-15H,5,10-13H2,1H3,(H,21,22). The second kappa shape index (κ2) is 7.86. The van der Waals surface area contributed by atoms with E-state index in [1.54, 1.807) is 12.1 Å². The van der Waals surface area contributed by atoms with E-state index < -0.39 is 0 Å². The van der Waals surface area contributed by atoms with Gasteiger partial charge in [-0.05, 0) is 36.1 Å². The number of ether oxygens (including phenoxy) is 2. The van der Waals surface area contributed by atoms with Crippen LogP contribution in [0.2, 0.25) is 0 Å². The van der Waals surface area contributed by atoms with Crippen LogP contribution in [0.15, 0.2) is 48.5 Å². The van der Waals surface area contributed by atoms with Crippen molar-refractivity contribution in [2.75, 3.05) is 19.8 Å². The molecule has 1 N–H and O–H groups in total. The molecule has 0 aliphatic carbocycles. The first-order valence-electron chi connectivity index (χ1n) is 8.47. The molecule has 0 saturated carbocycles. The highest BCUT2D eigenvalue weighted by Crippen LogP contribution is 2.30. The van der Waals surface area contributed by atoms with Crippen molar-refractivity contribution >= 4 is 5.91 Å². The van der Waals surface area contributed by atoms with Crippen LogP contribution < -0.4 is 14.8 Å². The predicted octanol–water partition coefficient (Wildman–Crippen LogP) is 3.77. The summed E-state index contributed by atoms with van der Waals surface area (Å²) >= 11 is 0. The summed E-state index contributed by atoms with van der Waals surface area (Å²) in [4.78, 5) is 12.3. The molecule has 4 nitrogen and oxygen atoms in total. The number of amides is 1. The molecule has 3 rings (SSSR count). The zero-order valence-electron chi connectivity index (χ0n) is 14.0. The van der Waals surface area contributed by atoms with E-state index in [9.17, 15) is 4.79 Å². The van der Waals surface area contributed by atoms with Gasteiger partial charge in [0.05, 0.1) is 13.2 Å². The van der Waals surface area contributed by atoms with Crippen LogP contribution in [0, 0.1) is 0 Å². The Morgan fingerprint density at radius 2 is 1.83 bits per heavy atom. The third-order valence-electron chi connectivity index (χ3n) is 4.24. The molecule has 1 heterocycles. The van der Waals surface area contributed by atoms with Crippen molar-refractivity contribution in [3.63, 3.8) is 0 Å². The summed E-state index contributed by atoms with van der Waals surface area (Å²) in [5.41, 5.74) is 1.90. The first kappa shape index (κ1) is 16.4. The predicted molar refractivity (Wildman–Crippen MR) is 93.9 cm³/mol. The molecule has 1 amide bonds. The van der Waals surface area contributed by atoms with Gasteiger partial charge in [-0.2, -0.15) is 0 Å². The molecule has 4 heteroatoms. The van der Waals surface area contributed by atoms with E-state index in [0.29, 0.717) is 42.7 Å². The SMILES string of the molecule is CC(CCNC(=O)c1ccc2c(c1)OCCCO2)c1ccccc1. The molecule has 126 valence electrons. The number of benzene rings is 2. The van der Waals surface area contributed by atoms with Crippen molar-refractivity contribution in [1.29, 1.82) is 0 Å². The maximum Gasteiger partial charge on any atom is 0.251 e. The van der Waals surface area contributed by atoms with Crippen LogP contribution in [0.5, 0.6) is 11.5 Å². The van der Waals surface area contributed by atoms with E-state index in [1.165, 1.54) is 5.56 Å². The minimum absolute atomic E-state index is 0.0779. The molecule has 1 unspecified atom stereocenters. The second-order valence-corrected chi connectivity index (χ2v) is 6.07. The largest absolute Gasteiger partial charge is 0.490 e. The van der Waals surface area contributed by atoms with Crippen LogP contribution in [-0.2, 0) is 0 Å². The van der Waals surface area contributed by atoms with Gasteiger partial charge in [-0.1, -0.05) is 37.3 Å². The van der Waals surface area contributed by atoms with Gasteiger partial charge in [-0.15, -0.1) is 0 Å². The quantitative estimate of drug-likeness (QED) is 0.910. The van der Waals surface area contributed by atoms with Crippen molar-refractivity contribution < 1.29 is 14.3 Å². The highest BCUT2D eigenvalue weighted by atomic mass is 16.5. The molecule has 0 saturated heterocycles. The Morgan fingerprint density at radius 1 is 1.08 bits per heavy atom. The Hall–Kier alpha value is -2.49. The summed E-state index contributed by atoms with van der Waals surface area (Å²) in [6, 6.07) is 15.7. The summed E-state index contributed by atoms with van der Waals surface area (Å²) in [5.74, 6) is 1.70. The fourth-order valence-corrected chi connectivity index (χ4v) is 2.76. The molecule has 0 bridgehead atoms. The average Bonchev–Trinajstić information content (AvgIpc) is 2.87. The third-order valence-corrected chi connectivity index (χ3v) is 4.24. The molecule has 2 aromatic carbocycles. The van der Waals surface area contributed by atoms with E-state index in [-0.39, 0.29) is 5.91 Å². The maximum atomic E-state index is 12.3. The van der Waals surface area contributed by atoms with Gasteiger partial charge in [-0.3, -0.25) is 4.79 Å². The van der Waals surface area contributed by atoms with Gasteiger partial charge < -0.3 is 14.8 Å². The number of hydrogen-bond donors (Lipinski definition) is 1. The number of nitrogens with one attached hydrogen (secondary N) is 1. The lowest BCUT2D eigenvalue weighted by Gasteiger charge is -2.13. The molecule has 0 radical (unpaired) electrons. The molecule has 1 aliphatic rings. The Morgan fingerprint density at radius 3 is 2.62 bits per heavy atom. The Bertz CT molecular complexity index is 685. The summed E-state index contributed by atoms with van der Waals surface area (Å²) in [6.07, 6.45) is 1.76. The van der Waals surface area contributed by atoms with E-state index >= 15 is 0 Å². The number of fused-ring (bicyclic) bond motifs is 1. The molecular formula is C20H23NO3. The second-order valence-electron chi connectivity index (χ2n) is 6.07. The summed E-state index contributed by atoms with van der Waals surface area (Å²) in [6.45, 7) is 4.08. The van der Waals surface area contributed by atoms with Gasteiger partial charge in [0.2, 0.25) is 0 Å². The molecular weight excluding hydrogens is 302 g/mol. The minimum Gasteiger partial charge on any atom is -0.490 e. The van der Waals surface area contributed by atoms with E-state index in [2.05, 4.69) is 24.4 Å². The molecule has 1 atom stereocenters. The zero-order chi connectivity index (χ0) is 16.8. The molecule has 0 fully saturated rings. The summed E-state index contributed by atoms with van der Waals surface area (Å²) in [5, 5.41) is 2.99. The van der Waals surface area contributed by atoms with Gasteiger partial charge in [0.15, 0.2) is 11.5 Å². The zero-order valence-corrected chi connectivity index (χ0v) is 14.0. The minimum atomic E-state index is -0.0779. The van der Waals surface area contributed by atoms with Crippen molar-refractivity contribution in [1.82, 2.24) is 5.32 Å². The Balaban J connectivity index is 1.54. The van der Waals surface area contributed by atoms with Crippen molar-refractivity contribution in [3.05, 3.63) is 59.7 Å². The van der Waals surface area contributed by atoms with Crippen LogP contribution >= 0.6 is 0 Å². The van der Waals surface area contributed by atoms with Crippen LogP contribution in [0.25, 0.3) is 0 Å². The molecule has 0 spiro atoms. The number of carbonyl (C=O) groups excluding carboxylic acids is 1. The van der Waals surface area contributed by atoms with E-state index in [0.717, 1.165) is 12.8 Å². The number of rotatable bonds is 5. The molecule has 0 aromatic heterocycles.